The highest BCUT2D eigenvalue weighted by Crippen LogP contribution is 2.30. The standard InChI is InChI=1S/C19H18F3N5O/c1-26-9-7-23-16(26)11-27-8-6-15-14(10-27)18(28)25-17(24-15)12-2-4-13(5-3-12)19(20,21)22/h2-5,7,9H,6,8,10-11H2,1H3,(H,24,25,28). The van der Waals surface area contributed by atoms with Crippen LogP contribution in [0.2, 0.25) is 0 Å². The molecule has 1 aliphatic rings. The molecule has 0 amide bonds. The highest BCUT2D eigenvalue weighted by Gasteiger charge is 2.30. The van der Waals surface area contributed by atoms with Gasteiger partial charge in [-0.25, -0.2) is 9.97 Å². The molecule has 0 saturated heterocycles. The lowest BCUT2D eigenvalue weighted by Crippen LogP contribution is -2.36. The molecule has 0 spiro atoms. The van der Waals surface area contributed by atoms with Crippen LogP contribution in [0.1, 0.15) is 22.6 Å². The van der Waals surface area contributed by atoms with Crippen molar-refractivity contribution in [2.45, 2.75) is 25.7 Å². The summed E-state index contributed by atoms with van der Waals surface area (Å²) in [5.74, 6) is 1.20. The molecular formula is C19H18F3N5O. The first-order valence-electron chi connectivity index (χ1n) is 8.79. The van der Waals surface area contributed by atoms with Crippen molar-refractivity contribution in [3.8, 4) is 11.4 Å². The molecule has 0 fully saturated rings. The van der Waals surface area contributed by atoms with Crippen LogP contribution in [0, 0.1) is 0 Å². The third-order valence-corrected chi connectivity index (χ3v) is 4.92. The zero-order valence-electron chi connectivity index (χ0n) is 15.1. The maximum Gasteiger partial charge on any atom is 0.416 e. The van der Waals surface area contributed by atoms with Crippen LogP contribution in [0.4, 0.5) is 13.2 Å². The smallest absolute Gasteiger partial charge is 0.337 e. The molecular weight excluding hydrogens is 371 g/mol. The predicted octanol–water partition coefficient (Wildman–Crippen LogP) is 2.75. The number of nitrogens with zero attached hydrogens (tertiary/aromatic N) is 4. The van der Waals surface area contributed by atoms with Crippen molar-refractivity contribution >= 4 is 0 Å². The van der Waals surface area contributed by atoms with Crippen LogP contribution in [0.3, 0.4) is 0 Å². The SMILES string of the molecule is Cn1ccnc1CN1CCc2nc(-c3ccc(C(F)(F)F)cc3)[nH]c(=O)c2C1. The van der Waals surface area contributed by atoms with Gasteiger partial charge in [-0.2, -0.15) is 13.2 Å². The lowest BCUT2D eigenvalue weighted by atomic mass is 10.1. The fourth-order valence-corrected chi connectivity index (χ4v) is 3.32. The van der Waals surface area contributed by atoms with E-state index in [1.807, 2.05) is 17.8 Å². The summed E-state index contributed by atoms with van der Waals surface area (Å²) in [7, 11) is 1.92. The van der Waals surface area contributed by atoms with E-state index in [0.717, 1.165) is 24.5 Å². The second kappa shape index (κ2) is 6.90. The van der Waals surface area contributed by atoms with Crippen LogP contribution in [0.5, 0.6) is 0 Å². The Labute approximate surface area is 158 Å². The molecule has 4 rings (SSSR count). The van der Waals surface area contributed by atoms with Crippen molar-refractivity contribution in [2.24, 2.45) is 7.05 Å². The minimum atomic E-state index is -4.40. The van der Waals surface area contributed by atoms with E-state index in [-0.39, 0.29) is 11.4 Å². The van der Waals surface area contributed by atoms with Crippen molar-refractivity contribution in [1.29, 1.82) is 0 Å². The van der Waals surface area contributed by atoms with Crippen molar-refractivity contribution in [3.63, 3.8) is 0 Å². The van der Waals surface area contributed by atoms with Gasteiger partial charge in [0.25, 0.3) is 5.56 Å². The molecule has 9 heteroatoms. The van der Waals surface area contributed by atoms with Crippen LogP contribution in [-0.2, 0) is 32.7 Å². The average molecular weight is 389 g/mol. The van der Waals surface area contributed by atoms with E-state index in [9.17, 15) is 18.0 Å². The summed E-state index contributed by atoms with van der Waals surface area (Å²) in [6.07, 6.45) is -0.195. The molecule has 2 aromatic heterocycles. The molecule has 3 aromatic rings. The number of fused-ring (bicyclic) bond motifs is 1. The number of aryl methyl sites for hydroxylation is 1. The van der Waals surface area contributed by atoms with E-state index in [2.05, 4.69) is 19.9 Å². The highest BCUT2D eigenvalue weighted by atomic mass is 19.4. The lowest BCUT2D eigenvalue weighted by Gasteiger charge is -2.27. The Bertz CT molecular complexity index is 1050. The minimum Gasteiger partial charge on any atom is -0.337 e. The van der Waals surface area contributed by atoms with Crippen LogP contribution in [-0.4, -0.2) is 31.0 Å². The Morgan fingerprint density at radius 1 is 1.21 bits per heavy atom. The number of H-pyrrole nitrogens is 1. The number of nitrogens with one attached hydrogen (secondary N) is 1. The molecule has 0 atom stereocenters. The quantitative estimate of drug-likeness (QED) is 0.748. The Morgan fingerprint density at radius 2 is 1.96 bits per heavy atom. The van der Waals surface area contributed by atoms with E-state index in [1.165, 1.54) is 12.1 Å². The third-order valence-electron chi connectivity index (χ3n) is 4.92. The first-order chi connectivity index (χ1) is 13.3. The maximum atomic E-state index is 12.7. The van der Waals surface area contributed by atoms with E-state index in [1.54, 1.807) is 6.20 Å². The van der Waals surface area contributed by atoms with Gasteiger partial charge in [-0.15, -0.1) is 0 Å². The number of halogens is 3. The van der Waals surface area contributed by atoms with Gasteiger partial charge in [-0.1, -0.05) is 12.1 Å². The van der Waals surface area contributed by atoms with Crippen molar-refractivity contribution in [2.75, 3.05) is 6.54 Å². The first-order valence-corrected chi connectivity index (χ1v) is 8.79. The van der Waals surface area contributed by atoms with Crippen molar-refractivity contribution in [3.05, 3.63) is 69.7 Å². The number of imidazole rings is 1. The van der Waals surface area contributed by atoms with Crippen LogP contribution >= 0.6 is 0 Å². The summed E-state index contributed by atoms with van der Waals surface area (Å²) in [4.78, 5) is 26.2. The van der Waals surface area contributed by atoms with Gasteiger partial charge in [0.1, 0.15) is 11.6 Å². The van der Waals surface area contributed by atoms with Crippen LogP contribution < -0.4 is 5.56 Å². The van der Waals surface area contributed by atoms with E-state index in [0.29, 0.717) is 36.3 Å². The number of hydrogen-bond donors (Lipinski definition) is 1. The van der Waals surface area contributed by atoms with Gasteiger partial charge in [0.2, 0.25) is 0 Å². The molecule has 1 aliphatic heterocycles. The Morgan fingerprint density at radius 3 is 2.61 bits per heavy atom. The Balaban J connectivity index is 1.58. The second-order valence-corrected chi connectivity index (χ2v) is 6.83. The molecule has 0 bridgehead atoms. The molecule has 0 aliphatic carbocycles. The predicted molar refractivity (Wildman–Crippen MR) is 96.3 cm³/mol. The number of hydrogen-bond acceptors (Lipinski definition) is 4. The fraction of sp³-hybridized carbons (Fsp3) is 0.316. The number of alkyl halides is 3. The summed E-state index contributed by atoms with van der Waals surface area (Å²) in [6, 6.07) is 4.63. The highest BCUT2D eigenvalue weighted by molar-refractivity contribution is 5.56. The largest absolute Gasteiger partial charge is 0.416 e. The zero-order chi connectivity index (χ0) is 19.9. The molecule has 1 N–H and O–H groups in total. The Kier molecular flexibility index (Phi) is 4.54. The van der Waals surface area contributed by atoms with Gasteiger partial charge < -0.3 is 9.55 Å². The van der Waals surface area contributed by atoms with Crippen molar-refractivity contribution < 1.29 is 13.2 Å². The summed E-state index contributed by atoms with van der Waals surface area (Å²) in [6.45, 7) is 1.81. The maximum absolute atomic E-state index is 12.7. The average Bonchev–Trinajstić information content (AvgIpc) is 3.06. The molecule has 0 unspecified atom stereocenters. The molecule has 0 saturated carbocycles. The molecule has 146 valence electrons. The topological polar surface area (TPSA) is 66.8 Å². The van der Waals surface area contributed by atoms with E-state index in [4.69, 9.17) is 0 Å². The third kappa shape index (κ3) is 3.57. The monoisotopic (exact) mass is 389 g/mol. The van der Waals surface area contributed by atoms with Gasteiger partial charge in [0.05, 0.1) is 23.4 Å². The molecule has 28 heavy (non-hydrogen) atoms. The van der Waals surface area contributed by atoms with Gasteiger partial charge in [-0.3, -0.25) is 9.69 Å². The Hall–Kier alpha value is -2.94. The van der Waals surface area contributed by atoms with Crippen molar-refractivity contribution in [1.82, 2.24) is 24.4 Å². The molecule has 0 radical (unpaired) electrons. The number of rotatable bonds is 3. The summed E-state index contributed by atoms with van der Waals surface area (Å²) < 4.78 is 40.1. The normalized spacial score (nSPS) is 14.9. The number of aromatic amines is 1. The molecule has 6 nitrogen and oxygen atoms in total. The zero-order valence-corrected chi connectivity index (χ0v) is 15.1. The van der Waals surface area contributed by atoms with Gasteiger partial charge in [0.15, 0.2) is 0 Å². The van der Waals surface area contributed by atoms with E-state index >= 15 is 0 Å². The van der Waals surface area contributed by atoms with E-state index < -0.39 is 11.7 Å². The van der Waals surface area contributed by atoms with Gasteiger partial charge in [-0.05, 0) is 12.1 Å². The molecule has 1 aromatic carbocycles. The number of benzene rings is 1. The first kappa shape index (κ1) is 18.4. The van der Waals surface area contributed by atoms with Crippen LogP contribution in [0.15, 0.2) is 41.5 Å². The van der Waals surface area contributed by atoms with Gasteiger partial charge in [0, 0.05) is 44.5 Å². The minimum absolute atomic E-state index is 0.260. The summed E-state index contributed by atoms with van der Waals surface area (Å²) in [5, 5.41) is 0. The van der Waals surface area contributed by atoms with Gasteiger partial charge >= 0.3 is 6.18 Å². The lowest BCUT2D eigenvalue weighted by molar-refractivity contribution is -0.137. The van der Waals surface area contributed by atoms with Crippen LogP contribution in [0.25, 0.3) is 11.4 Å². The number of aromatic nitrogens is 4. The fourth-order valence-electron chi connectivity index (χ4n) is 3.32. The summed E-state index contributed by atoms with van der Waals surface area (Å²) >= 11 is 0. The summed E-state index contributed by atoms with van der Waals surface area (Å²) in [5.41, 5.74) is 0.736. The molecule has 3 heterocycles. The second-order valence-electron chi connectivity index (χ2n) is 6.83.